The molecule has 0 bridgehead atoms. The van der Waals surface area contributed by atoms with E-state index >= 15 is 0 Å². The maximum Gasteiger partial charge on any atom is 0.231 e. The SMILES string of the molecule is COc1ccc(-c2csc(NC(=O)[C@@H]3CC(=O)N(c4ccc(C)cc4)C3)n2)cc1. The van der Waals surface area contributed by atoms with Crippen LogP contribution in [0.3, 0.4) is 0 Å². The number of ether oxygens (including phenoxy) is 1. The zero-order valence-electron chi connectivity index (χ0n) is 16.2. The van der Waals surface area contributed by atoms with Crippen molar-refractivity contribution in [3.8, 4) is 17.0 Å². The maximum atomic E-state index is 12.7. The first-order valence-corrected chi connectivity index (χ1v) is 10.2. The molecule has 7 heteroatoms. The van der Waals surface area contributed by atoms with Crippen LogP contribution in [-0.2, 0) is 9.59 Å². The fraction of sp³-hybridized carbons (Fsp3) is 0.227. The second-order valence-electron chi connectivity index (χ2n) is 7.00. The smallest absolute Gasteiger partial charge is 0.231 e. The van der Waals surface area contributed by atoms with Crippen LogP contribution in [0.5, 0.6) is 5.75 Å². The number of anilines is 2. The number of carbonyl (C=O) groups excluding carboxylic acids is 2. The van der Waals surface area contributed by atoms with Crippen molar-refractivity contribution in [2.75, 3.05) is 23.9 Å². The van der Waals surface area contributed by atoms with Crippen molar-refractivity contribution in [3.05, 3.63) is 59.5 Å². The predicted molar refractivity (Wildman–Crippen MR) is 114 cm³/mol. The van der Waals surface area contributed by atoms with Gasteiger partial charge in [0.15, 0.2) is 5.13 Å². The minimum atomic E-state index is -0.392. The number of hydrogen-bond donors (Lipinski definition) is 1. The summed E-state index contributed by atoms with van der Waals surface area (Å²) in [5.74, 6) is 0.175. The van der Waals surface area contributed by atoms with Gasteiger partial charge in [-0.25, -0.2) is 4.98 Å². The standard InChI is InChI=1S/C22H21N3O3S/c1-14-3-7-17(8-4-14)25-12-16(11-20(25)26)21(27)24-22-23-19(13-29-22)15-5-9-18(28-2)10-6-15/h3-10,13,16H,11-12H2,1-2H3,(H,23,24,27)/t16-/m1/s1. The Morgan fingerprint density at radius 2 is 1.90 bits per heavy atom. The number of amides is 2. The Morgan fingerprint density at radius 1 is 1.17 bits per heavy atom. The zero-order chi connectivity index (χ0) is 20.4. The van der Waals surface area contributed by atoms with Crippen molar-refractivity contribution in [2.45, 2.75) is 13.3 Å². The van der Waals surface area contributed by atoms with Crippen molar-refractivity contribution < 1.29 is 14.3 Å². The van der Waals surface area contributed by atoms with E-state index in [9.17, 15) is 9.59 Å². The van der Waals surface area contributed by atoms with E-state index in [4.69, 9.17) is 4.74 Å². The van der Waals surface area contributed by atoms with Crippen LogP contribution in [0.4, 0.5) is 10.8 Å². The normalized spacial score (nSPS) is 16.1. The van der Waals surface area contributed by atoms with Crippen LogP contribution >= 0.6 is 11.3 Å². The minimum absolute atomic E-state index is 0.0351. The minimum Gasteiger partial charge on any atom is -0.497 e. The highest BCUT2D eigenvalue weighted by Gasteiger charge is 2.35. The summed E-state index contributed by atoms with van der Waals surface area (Å²) >= 11 is 1.37. The lowest BCUT2D eigenvalue weighted by atomic mass is 10.1. The molecule has 2 aromatic carbocycles. The summed E-state index contributed by atoms with van der Waals surface area (Å²) in [6.45, 7) is 2.38. The first-order chi connectivity index (χ1) is 14.0. The molecule has 1 N–H and O–H groups in total. The summed E-state index contributed by atoms with van der Waals surface area (Å²) in [6, 6.07) is 15.3. The molecule has 29 heavy (non-hydrogen) atoms. The number of aromatic nitrogens is 1. The number of rotatable bonds is 5. The topological polar surface area (TPSA) is 71.5 Å². The van der Waals surface area contributed by atoms with Gasteiger partial charge in [0.1, 0.15) is 5.75 Å². The average Bonchev–Trinajstić information content (AvgIpc) is 3.35. The Hall–Kier alpha value is -3.19. The molecule has 3 aromatic rings. The van der Waals surface area contributed by atoms with Gasteiger partial charge in [-0.2, -0.15) is 0 Å². The molecule has 6 nitrogen and oxygen atoms in total. The largest absolute Gasteiger partial charge is 0.497 e. The van der Waals surface area contributed by atoms with E-state index in [1.165, 1.54) is 11.3 Å². The van der Waals surface area contributed by atoms with Crippen molar-refractivity contribution in [2.24, 2.45) is 5.92 Å². The molecule has 1 aromatic heterocycles. The predicted octanol–water partition coefficient (Wildman–Crippen LogP) is 4.12. The van der Waals surface area contributed by atoms with Crippen LogP contribution in [0.1, 0.15) is 12.0 Å². The fourth-order valence-electron chi connectivity index (χ4n) is 3.29. The summed E-state index contributed by atoms with van der Waals surface area (Å²) in [7, 11) is 1.62. The molecular formula is C22H21N3O3S. The third-order valence-corrected chi connectivity index (χ3v) is 5.72. The summed E-state index contributed by atoms with van der Waals surface area (Å²) in [5, 5.41) is 5.29. The van der Waals surface area contributed by atoms with Gasteiger partial charge in [0.25, 0.3) is 0 Å². The highest BCUT2D eigenvalue weighted by molar-refractivity contribution is 7.14. The van der Waals surface area contributed by atoms with Gasteiger partial charge in [-0.3, -0.25) is 9.59 Å². The molecule has 0 spiro atoms. The fourth-order valence-corrected chi connectivity index (χ4v) is 4.01. The molecule has 2 amide bonds. The molecular weight excluding hydrogens is 386 g/mol. The third kappa shape index (κ3) is 4.14. The summed E-state index contributed by atoms with van der Waals surface area (Å²) < 4.78 is 5.17. The van der Waals surface area contributed by atoms with E-state index in [0.717, 1.165) is 28.3 Å². The number of nitrogens with one attached hydrogen (secondary N) is 1. The molecule has 1 fully saturated rings. The number of carbonyl (C=O) groups is 2. The Balaban J connectivity index is 1.41. The van der Waals surface area contributed by atoms with Crippen LogP contribution in [0.15, 0.2) is 53.9 Å². The van der Waals surface area contributed by atoms with Gasteiger partial charge in [0.2, 0.25) is 11.8 Å². The molecule has 1 aliphatic rings. The molecule has 2 heterocycles. The lowest BCUT2D eigenvalue weighted by Crippen LogP contribution is -2.28. The van der Waals surface area contributed by atoms with E-state index < -0.39 is 5.92 Å². The summed E-state index contributed by atoms with van der Waals surface area (Å²) in [5.41, 5.74) is 3.69. The van der Waals surface area contributed by atoms with Crippen molar-refractivity contribution in [1.82, 2.24) is 4.98 Å². The number of aryl methyl sites for hydroxylation is 1. The molecule has 0 aliphatic carbocycles. The highest BCUT2D eigenvalue weighted by Crippen LogP contribution is 2.29. The van der Waals surface area contributed by atoms with Crippen molar-refractivity contribution >= 4 is 34.0 Å². The summed E-state index contributed by atoms with van der Waals surface area (Å²) in [6.07, 6.45) is 0.205. The van der Waals surface area contributed by atoms with Gasteiger partial charge in [-0.05, 0) is 43.3 Å². The second kappa shape index (κ2) is 8.05. The number of benzene rings is 2. The van der Waals surface area contributed by atoms with E-state index in [1.54, 1.807) is 12.0 Å². The van der Waals surface area contributed by atoms with Crippen molar-refractivity contribution in [3.63, 3.8) is 0 Å². The van der Waals surface area contributed by atoms with Crippen LogP contribution < -0.4 is 15.0 Å². The lowest BCUT2D eigenvalue weighted by molar-refractivity contribution is -0.122. The lowest BCUT2D eigenvalue weighted by Gasteiger charge is -2.16. The van der Waals surface area contributed by atoms with E-state index in [-0.39, 0.29) is 18.2 Å². The van der Waals surface area contributed by atoms with E-state index in [2.05, 4.69) is 10.3 Å². The van der Waals surface area contributed by atoms with E-state index in [1.807, 2.05) is 60.8 Å². The Bertz CT molecular complexity index is 1030. The van der Waals surface area contributed by atoms with Gasteiger partial charge in [0.05, 0.1) is 18.7 Å². The number of methoxy groups -OCH3 is 1. The van der Waals surface area contributed by atoms with Crippen LogP contribution in [-0.4, -0.2) is 30.5 Å². The Morgan fingerprint density at radius 3 is 2.59 bits per heavy atom. The van der Waals surface area contributed by atoms with Crippen molar-refractivity contribution in [1.29, 1.82) is 0 Å². The molecule has 0 radical (unpaired) electrons. The first kappa shape index (κ1) is 19.1. The molecule has 1 saturated heterocycles. The number of nitrogens with zero attached hydrogens (tertiary/aromatic N) is 2. The Kier molecular flexibility index (Phi) is 5.31. The van der Waals surface area contributed by atoms with Crippen LogP contribution in [0.2, 0.25) is 0 Å². The Labute approximate surface area is 173 Å². The molecule has 148 valence electrons. The number of thiazole rings is 1. The van der Waals surface area contributed by atoms with Crippen LogP contribution in [0.25, 0.3) is 11.3 Å². The van der Waals surface area contributed by atoms with E-state index in [0.29, 0.717) is 11.7 Å². The van der Waals surface area contributed by atoms with Gasteiger partial charge in [0, 0.05) is 29.6 Å². The third-order valence-electron chi connectivity index (χ3n) is 4.96. The second-order valence-corrected chi connectivity index (χ2v) is 7.85. The van der Waals surface area contributed by atoms with Gasteiger partial charge < -0.3 is 15.0 Å². The maximum absolute atomic E-state index is 12.7. The molecule has 1 atom stereocenters. The molecule has 4 rings (SSSR count). The van der Waals surface area contributed by atoms with Gasteiger partial charge in [-0.1, -0.05) is 17.7 Å². The monoisotopic (exact) mass is 407 g/mol. The van der Waals surface area contributed by atoms with Gasteiger partial charge in [-0.15, -0.1) is 11.3 Å². The average molecular weight is 407 g/mol. The first-order valence-electron chi connectivity index (χ1n) is 9.31. The quantitative estimate of drug-likeness (QED) is 0.691. The highest BCUT2D eigenvalue weighted by atomic mass is 32.1. The van der Waals surface area contributed by atoms with Crippen LogP contribution in [0, 0.1) is 12.8 Å². The molecule has 0 unspecified atom stereocenters. The number of hydrogen-bond acceptors (Lipinski definition) is 5. The van der Waals surface area contributed by atoms with Gasteiger partial charge >= 0.3 is 0 Å². The molecule has 0 saturated carbocycles. The zero-order valence-corrected chi connectivity index (χ0v) is 17.0. The summed E-state index contributed by atoms with van der Waals surface area (Å²) in [4.78, 5) is 31.2. The molecule has 1 aliphatic heterocycles.